The molecule has 1 saturated carbocycles. The van der Waals surface area contributed by atoms with Crippen molar-refractivity contribution in [1.29, 1.82) is 0 Å². The Morgan fingerprint density at radius 2 is 2.15 bits per heavy atom. The van der Waals surface area contributed by atoms with Crippen LogP contribution in [0.15, 0.2) is 24.3 Å². The maximum Gasteiger partial charge on any atom is 0.253 e. The lowest BCUT2D eigenvalue weighted by atomic mass is 9.81. The van der Waals surface area contributed by atoms with Gasteiger partial charge in [-0.25, -0.2) is 0 Å². The molecule has 2 unspecified atom stereocenters. The lowest BCUT2D eigenvalue weighted by Gasteiger charge is -2.26. The minimum Gasteiger partial charge on any atom is -0.352 e. The molecule has 110 valence electrons. The number of nitrogens with one attached hydrogen (secondary N) is 2. The molecule has 20 heavy (non-hydrogen) atoms. The van der Waals surface area contributed by atoms with Gasteiger partial charge in [0, 0.05) is 6.54 Å². The van der Waals surface area contributed by atoms with E-state index in [0.717, 1.165) is 24.8 Å². The Balaban J connectivity index is 1.80. The number of rotatable bonds is 5. The molecule has 4 heteroatoms. The van der Waals surface area contributed by atoms with Crippen LogP contribution < -0.4 is 16.6 Å². The average Bonchev–Trinajstić information content (AvgIpc) is 2.47. The molecule has 0 saturated heterocycles. The third-order valence-corrected chi connectivity index (χ3v) is 4.21. The maximum atomic E-state index is 12.1. The maximum absolute atomic E-state index is 12.1. The average molecular weight is 275 g/mol. The largest absolute Gasteiger partial charge is 0.352 e. The molecule has 0 bridgehead atoms. The van der Waals surface area contributed by atoms with E-state index in [9.17, 15) is 4.79 Å². The predicted octanol–water partition coefficient (Wildman–Crippen LogP) is 2.92. The van der Waals surface area contributed by atoms with Crippen LogP contribution in [0.2, 0.25) is 0 Å². The first-order valence-corrected chi connectivity index (χ1v) is 7.54. The second-order valence-corrected chi connectivity index (χ2v) is 5.87. The summed E-state index contributed by atoms with van der Waals surface area (Å²) in [5, 5.41) is 3.00. The highest BCUT2D eigenvalue weighted by molar-refractivity contribution is 5.99. The molecule has 4 N–H and O–H groups in total. The molecule has 0 spiro atoms. The fourth-order valence-corrected chi connectivity index (χ4v) is 3.11. The summed E-state index contributed by atoms with van der Waals surface area (Å²) in [4.78, 5) is 12.1. The van der Waals surface area contributed by atoms with E-state index in [4.69, 9.17) is 5.84 Å². The van der Waals surface area contributed by atoms with Gasteiger partial charge in [-0.2, -0.15) is 0 Å². The fraction of sp³-hybridized carbons (Fsp3) is 0.562. The van der Waals surface area contributed by atoms with Crippen LogP contribution in [-0.2, 0) is 0 Å². The second kappa shape index (κ2) is 7.29. The molecule has 2 atom stereocenters. The molecule has 2 rings (SSSR count). The summed E-state index contributed by atoms with van der Waals surface area (Å²) in [6, 6.07) is 7.29. The number of benzene rings is 1. The highest BCUT2D eigenvalue weighted by atomic mass is 16.1. The quantitative estimate of drug-likeness (QED) is 0.572. The van der Waals surface area contributed by atoms with E-state index in [2.05, 4.69) is 17.7 Å². The van der Waals surface area contributed by atoms with Crippen molar-refractivity contribution in [3.05, 3.63) is 29.8 Å². The zero-order chi connectivity index (χ0) is 14.4. The van der Waals surface area contributed by atoms with E-state index in [1.165, 1.54) is 25.7 Å². The van der Waals surface area contributed by atoms with Crippen molar-refractivity contribution in [1.82, 2.24) is 5.32 Å². The van der Waals surface area contributed by atoms with Gasteiger partial charge in [-0.1, -0.05) is 38.3 Å². The summed E-state index contributed by atoms with van der Waals surface area (Å²) in [6.45, 7) is 3.07. The van der Waals surface area contributed by atoms with Crippen molar-refractivity contribution in [3.63, 3.8) is 0 Å². The normalized spacial score (nSPS) is 22.3. The number of hydrogen-bond donors (Lipinski definition) is 3. The first kappa shape index (κ1) is 14.9. The standard InChI is InChI=1S/C16H25N3O/c1-12-5-4-6-13(11-12)9-10-18-16(20)14-7-2-3-8-15(14)19-17/h2-3,7-8,12-13,19H,4-6,9-11,17H2,1H3,(H,18,20). The van der Waals surface area contributed by atoms with Crippen LogP contribution in [0.4, 0.5) is 5.69 Å². The fourth-order valence-electron chi connectivity index (χ4n) is 3.11. The number of amides is 1. The zero-order valence-electron chi connectivity index (χ0n) is 12.2. The Morgan fingerprint density at radius 1 is 1.35 bits per heavy atom. The Morgan fingerprint density at radius 3 is 2.90 bits per heavy atom. The number of hydrazine groups is 1. The van der Waals surface area contributed by atoms with Crippen LogP contribution >= 0.6 is 0 Å². The molecular formula is C16H25N3O. The van der Waals surface area contributed by atoms with Crippen molar-refractivity contribution in [2.24, 2.45) is 17.7 Å². The van der Waals surface area contributed by atoms with Gasteiger partial charge in [-0.05, 0) is 36.8 Å². The molecule has 1 aromatic carbocycles. The summed E-state index contributed by atoms with van der Waals surface area (Å²) in [5.74, 6) is 6.97. The summed E-state index contributed by atoms with van der Waals surface area (Å²) in [7, 11) is 0. The number of anilines is 1. The Hall–Kier alpha value is -1.55. The van der Waals surface area contributed by atoms with Gasteiger partial charge in [0.15, 0.2) is 0 Å². The van der Waals surface area contributed by atoms with E-state index >= 15 is 0 Å². The van der Waals surface area contributed by atoms with E-state index < -0.39 is 0 Å². The molecule has 4 nitrogen and oxygen atoms in total. The number of para-hydroxylation sites is 1. The van der Waals surface area contributed by atoms with Gasteiger partial charge in [0.1, 0.15) is 0 Å². The zero-order valence-corrected chi connectivity index (χ0v) is 12.2. The molecule has 0 aromatic heterocycles. The summed E-state index contributed by atoms with van der Waals surface area (Å²) < 4.78 is 0. The van der Waals surface area contributed by atoms with Gasteiger partial charge in [0.05, 0.1) is 11.3 Å². The lowest BCUT2D eigenvalue weighted by molar-refractivity contribution is 0.0950. The van der Waals surface area contributed by atoms with E-state index in [1.807, 2.05) is 12.1 Å². The molecule has 1 fully saturated rings. The molecule has 0 radical (unpaired) electrons. The van der Waals surface area contributed by atoms with Crippen molar-refractivity contribution < 1.29 is 4.79 Å². The number of carbonyl (C=O) groups excluding carboxylic acids is 1. The molecule has 0 aliphatic heterocycles. The van der Waals surface area contributed by atoms with Crippen molar-refractivity contribution in [2.45, 2.75) is 39.0 Å². The van der Waals surface area contributed by atoms with E-state index in [0.29, 0.717) is 11.3 Å². The Labute approximate surface area is 121 Å². The van der Waals surface area contributed by atoms with Crippen LogP contribution in [0, 0.1) is 11.8 Å². The SMILES string of the molecule is CC1CCCC(CCNC(=O)c2ccccc2NN)C1. The van der Waals surface area contributed by atoms with Crippen LogP contribution in [-0.4, -0.2) is 12.5 Å². The molecule has 1 aromatic rings. The molecule has 0 heterocycles. The predicted molar refractivity (Wildman–Crippen MR) is 82.3 cm³/mol. The number of hydrogen-bond acceptors (Lipinski definition) is 3. The third kappa shape index (κ3) is 3.97. The Bertz CT molecular complexity index is 447. The van der Waals surface area contributed by atoms with Gasteiger partial charge in [0.2, 0.25) is 0 Å². The number of carbonyl (C=O) groups is 1. The molecule has 1 amide bonds. The van der Waals surface area contributed by atoms with Crippen LogP contribution in [0.5, 0.6) is 0 Å². The van der Waals surface area contributed by atoms with Gasteiger partial charge in [-0.15, -0.1) is 0 Å². The highest BCUT2D eigenvalue weighted by Crippen LogP contribution is 2.30. The van der Waals surface area contributed by atoms with Gasteiger partial charge >= 0.3 is 0 Å². The first-order chi connectivity index (χ1) is 9.70. The van der Waals surface area contributed by atoms with E-state index in [1.54, 1.807) is 12.1 Å². The Kier molecular flexibility index (Phi) is 5.41. The van der Waals surface area contributed by atoms with Gasteiger partial charge in [-0.3, -0.25) is 10.6 Å². The van der Waals surface area contributed by atoms with Crippen LogP contribution in [0.1, 0.15) is 49.4 Å². The topological polar surface area (TPSA) is 67.2 Å². The molecular weight excluding hydrogens is 250 g/mol. The monoisotopic (exact) mass is 275 g/mol. The van der Waals surface area contributed by atoms with Crippen molar-refractivity contribution in [3.8, 4) is 0 Å². The minimum absolute atomic E-state index is 0.0533. The third-order valence-electron chi connectivity index (χ3n) is 4.21. The number of nitrogen functional groups attached to an aromatic ring is 1. The van der Waals surface area contributed by atoms with Gasteiger partial charge in [0.25, 0.3) is 5.91 Å². The summed E-state index contributed by atoms with van der Waals surface area (Å²) in [5.41, 5.74) is 3.83. The van der Waals surface area contributed by atoms with E-state index in [-0.39, 0.29) is 5.91 Å². The first-order valence-electron chi connectivity index (χ1n) is 7.54. The minimum atomic E-state index is -0.0533. The summed E-state index contributed by atoms with van der Waals surface area (Å²) in [6.07, 6.45) is 6.38. The van der Waals surface area contributed by atoms with Gasteiger partial charge < -0.3 is 10.7 Å². The molecule has 1 aliphatic carbocycles. The number of nitrogens with two attached hydrogens (primary N) is 1. The van der Waals surface area contributed by atoms with Crippen molar-refractivity contribution >= 4 is 11.6 Å². The lowest BCUT2D eigenvalue weighted by Crippen LogP contribution is -2.28. The molecule has 1 aliphatic rings. The second-order valence-electron chi connectivity index (χ2n) is 5.87. The van der Waals surface area contributed by atoms with Crippen LogP contribution in [0.3, 0.4) is 0 Å². The smallest absolute Gasteiger partial charge is 0.253 e. The highest BCUT2D eigenvalue weighted by Gasteiger charge is 2.18. The van der Waals surface area contributed by atoms with Crippen LogP contribution in [0.25, 0.3) is 0 Å². The summed E-state index contributed by atoms with van der Waals surface area (Å²) >= 11 is 0. The van der Waals surface area contributed by atoms with Crippen molar-refractivity contribution in [2.75, 3.05) is 12.0 Å².